The fourth-order valence-electron chi connectivity index (χ4n) is 3.36. The molecule has 0 bridgehead atoms. The predicted octanol–water partition coefficient (Wildman–Crippen LogP) is 5.93. The van der Waals surface area contributed by atoms with Gasteiger partial charge in [-0.05, 0) is 59.2 Å². The number of fused-ring (bicyclic) bond motifs is 1. The Labute approximate surface area is 185 Å². The molecule has 1 heterocycles. The Morgan fingerprint density at radius 3 is 2.52 bits per heavy atom. The minimum absolute atomic E-state index is 0.401. The van der Waals surface area contributed by atoms with E-state index in [4.69, 9.17) is 16.3 Å². The average molecular weight is 430 g/mol. The maximum atomic E-state index is 11.8. The molecule has 0 aliphatic rings. The lowest BCUT2D eigenvalue weighted by Crippen LogP contribution is -2.05. The lowest BCUT2D eigenvalue weighted by molar-refractivity contribution is 0.0600. The molecule has 0 amide bonds. The zero-order valence-corrected chi connectivity index (χ0v) is 17.6. The van der Waals surface area contributed by atoms with Crippen LogP contribution in [0.1, 0.15) is 38.8 Å². The SMILES string of the molecule is COC(=O)c1cccc(C(O)c2cccc(/C=C/c3ccc4ccc(Cl)cc4n3)c2)c1. The van der Waals surface area contributed by atoms with Gasteiger partial charge in [-0.1, -0.05) is 60.1 Å². The summed E-state index contributed by atoms with van der Waals surface area (Å²) in [4.78, 5) is 16.4. The van der Waals surface area contributed by atoms with E-state index in [0.29, 0.717) is 16.1 Å². The molecule has 4 rings (SSSR count). The first-order chi connectivity index (χ1) is 15.0. The van der Waals surface area contributed by atoms with Gasteiger partial charge in [0.25, 0.3) is 0 Å². The molecule has 3 aromatic carbocycles. The number of pyridine rings is 1. The van der Waals surface area contributed by atoms with Gasteiger partial charge in [0.2, 0.25) is 0 Å². The molecule has 0 saturated heterocycles. The number of rotatable bonds is 5. The molecule has 4 nitrogen and oxygen atoms in total. The highest BCUT2D eigenvalue weighted by molar-refractivity contribution is 6.31. The zero-order chi connectivity index (χ0) is 21.8. The van der Waals surface area contributed by atoms with Crippen molar-refractivity contribution in [1.82, 2.24) is 4.98 Å². The number of aliphatic hydroxyl groups is 1. The average Bonchev–Trinajstić information content (AvgIpc) is 2.81. The van der Waals surface area contributed by atoms with E-state index in [0.717, 1.165) is 27.7 Å². The third-order valence-electron chi connectivity index (χ3n) is 4.97. The van der Waals surface area contributed by atoms with Crippen molar-refractivity contribution in [1.29, 1.82) is 0 Å². The molecule has 154 valence electrons. The molecule has 1 unspecified atom stereocenters. The van der Waals surface area contributed by atoms with Gasteiger partial charge in [-0.2, -0.15) is 0 Å². The number of aromatic nitrogens is 1. The summed E-state index contributed by atoms with van der Waals surface area (Å²) >= 11 is 6.07. The van der Waals surface area contributed by atoms with Crippen LogP contribution in [0, 0.1) is 0 Å². The summed E-state index contributed by atoms with van der Waals surface area (Å²) in [5.74, 6) is -0.435. The summed E-state index contributed by atoms with van der Waals surface area (Å²) in [5, 5.41) is 12.5. The van der Waals surface area contributed by atoms with Gasteiger partial charge < -0.3 is 9.84 Å². The van der Waals surface area contributed by atoms with Gasteiger partial charge in [-0.15, -0.1) is 0 Å². The van der Waals surface area contributed by atoms with Gasteiger partial charge in [-0.25, -0.2) is 9.78 Å². The van der Waals surface area contributed by atoms with Crippen molar-refractivity contribution in [3.8, 4) is 0 Å². The fourth-order valence-corrected chi connectivity index (χ4v) is 3.53. The van der Waals surface area contributed by atoms with Crippen LogP contribution in [0.2, 0.25) is 5.02 Å². The number of benzene rings is 3. The Morgan fingerprint density at radius 1 is 0.968 bits per heavy atom. The zero-order valence-electron chi connectivity index (χ0n) is 16.8. The molecule has 0 fully saturated rings. The van der Waals surface area contributed by atoms with Gasteiger partial charge in [-0.3, -0.25) is 0 Å². The fraction of sp³-hybridized carbons (Fsp3) is 0.0769. The Hall–Kier alpha value is -3.47. The van der Waals surface area contributed by atoms with Crippen LogP contribution >= 0.6 is 11.6 Å². The molecule has 0 radical (unpaired) electrons. The number of esters is 1. The molecule has 0 aliphatic heterocycles. The quantitative estimate of drug-likeness (QED) is 0.399. The molecular weight excluding hydrogens is 410 g/mol. The summed E-state index contributed by atoms with van der Waals surface area (Å²) in [7, 11) is 1.33. The van der Waals surface area contributed by atoms with Crippen molar-refractivity contribution in [3.63, 3.8) is 0 Å². The van der Waals surface area contributed by atoms with E-state index in [1.807, 2.05) is 66.7 Å². The van der Waals surface area contributed by atoms with E-state index < -0.39 is 12.1 Å². The number of methoxy groups -OCH3 is 1. The topological polar surface area (TPSA) is 59.4 Å². The highest BCUT2D eigenvalue weighted by atomic mass is 35.5. The first-order valence-electron chi connectivity index (χ1n) is 9.74. The smallest absolute Gasteiger partial charge is 0.337 e. The number of hydrogen-bond donors (Lipinski definition) is 1. The van der Waals surface area contributed by atoms with Gasteiger partial charge in [0, 0.05) is 10.4 Å². The van der Waals surface area contributed by atoms with Crippen LogP contribution < -0.4 is 0 Å². The number of carbonyl (C=O) groups excluding carboxylic acids is 1. The molecule has 4 aromatic rings. The van der Waals surface area contributed by atoms with Crippen molar-refractivity contribution in [2.24, 2.45) is 0 Å². The number of hydrogen-bond acceptors (Lipinski definition) is 4. The third kappa shape index (κ3) is 4.82. The summed E-state index contributed by atoms with van der Waals surface area (Å²) < 4.78 is 4.76. The summed E-state index contributed by atoms with van der Waals surface area (Å²) in [5.41, 5.74) is 4.32. The summed E-state index contributed by atoms with van der Waals surface area (Å²) in [6, 6.07) is 24.0. The maximum Gasteiger partial charge on any atom is 0.337 e. The van der Waals surface area contributed by atoms with Crippen LogP contribution in [-0.4, -0.2) is 23.2 Å². The molecule has 31 heavy (non-hydrogen) atoms. The second kappa shape index (κ2) is 9.13. The number of carbonyl (C=O) groups is 1. The van der Waals surface area contributed by atoms with Crippen molar-refractivity contribution in [2.45, 2.75) is 6.10 Å². The molecular formula is C26H20ClNO3. The number of nitrogens with zero attached hydrogens (tertiary/aromatic N) is 1. The Bertz CT molecular complexity index is 1280. The van der Waals surface area contributed by atoms with E-state index in [1.54, 1.807) is 24.3 Å². The minimum atomic E-state index is -0.862. The van der Waals surface area contributed by atoms with E-state index in [2.05, 4.69) is 4.98 Å². The second-order valence-corrected chi connectivity index (χ2v) is 7.53. The lowest BCUT2D eigenvalue weighted by Gasteiger charge is -2.13. The van der Waals surface area contributed by atoms with Crippen LogP contribution in [0.25, 0.3) is 23.1 Å². The predicted molar refractivity (Wildman–Crippen MR) is 124 cm³/mol. The van der Waals surface area contributed by atoms with Crippen LogP contribution in [0.3, 0.4) is 0 Å². The normalized spacial score (nSPS) is 12.2. The van der Waals surface area contributed by atoms with Crippen LogP contribution in [0.15, 0.2) is 78.9 Å². The van der Waals surface area contributed by atoms with Crippen molar-refractivity contribution in [2.75, 3.05) is 7.11 Å². The number of aliphatic hydroxyl groups excluding tert-OH is 1. The molecule has 1 atom stereocenters. The van der Waals surface area contributed by atoms with Crippen LogP contribution in [0.4, 0.5) is 0 Å². The van der Waals surface area contributed by atoms with Crippen molar-refractivity contribution >= 4 is 40.6 Å². The lowest BCUT2D eigenvalue weighted by atomic mass is 9.98. The largest absolute Gasteiger partial charge is 0.465 e. The van der Waals surface area contributed by atoms with Gasteiger partial charge in [0.15, 0.2) is 0 Å². The highest BCUT2D eigenvalue weighted by Gasteiger charge is 2.13. The van der Waals surface area contributed by atoms with E-state index in [1.165, 1.54) is 7.11 Å². The van der Waals surface area contributed by atoms with Gasteiger partial charge >= 0.3 is 5.97 Å². The van der Waals surface area contributed by atoms with Crippen LogP contribution in [0.5, 0.6) is 0 Å². The van der Waals surface area contributed by atoms with E-state index in [9.17, 15) is 9.90 Å². The molecule has 0 saturated carbocycles. The Balaban J connectivity index is 1.58. The molecule has 1 N–H and O–H groups in total. The first kappa shape index (κ1) is 20.8. The molecule has 0 aliphatic carbocycles. The minimum Gasteiger partial charge on any atom is -0.465 e. The Kier molecular flexibility index (Phi) is 6.12. The van der Waals surface area contributed by atoms with Gasteiger partial charge in [0.1, 0.15) is 6.10 Å². The molecule has 5 heteroatoms. The molecule has 1 aromatic heterocycles. The Morgan fingerprint density at radius 2 is 1.71 bits per heavy atom. The standard InChI is InChI=1S/C26H20ClNO3/c1-31-26(30)21-7-3-6-20(15-21)25(29)19-5-2-4-17(14-19)8-12-23-13-10-18-9-11-22(27)16-24(18)28-23/h2-16,25,29H,1H3/b12-8+. The highest BCUT2D eigenvalue weighted by Crippen LogP contribution is 2.25. The number of halogens is 1. The molecule has 0 spiro atoms. The first-order valence-corrected chi connectivity index (χ1v) is 10.1. The monoisotopic (exact) mass is 429 g/mol. The number of ether oxygens (including phenoxy) is 1. The second-order valence-electron chi connectivity index (χ2n) is 7.10. The van der Waals surface area contributed by atoms with E-state index in [-0.39, 0.29) is 0 Å². The van der Waals surface area contributed by atoms with Crippen LogP contribution in [-0.2, 0) is 4.74 Å². The third-order valence-corrected chi connectivity index (χ3v) is 5.21. The van der Waals surface area contributed by atoms with Gasteiger partial charge in [0.05, 0.1) is 23.9 Å². The van der Waals surface area contributed by atoms with Crippen molar-refractivity contribution in [3.05, 3.63) is 112 Å². The summed E-state index contributed by atoms with van der Waals surface area (Å²) in [6.45, 7) is 0. The van der Waals surface area contributed by atoms with E-state index >= 15 is 0 Å². The summed E-state index contributed by atoms with van der Waals surface area (Å²) in [6.07, 6.45) is 3.00. The van der Waals surface area contributed by atoms with Crippen molar-refractivity contribution < 1.29 is 14.6 Å². The maximum absolute atomic E-state index is 11.8.